The Kier molecular flexibility index (Phi) is 53.4. The summed E-state index contributed by atoms with van der Waals surface area (Å²) in [6, 6.07) is 0. The number of carbonyl (C=O) groups excluding carboxylic acids is 3. The van der Waals surface area contributed by atoms with Gasteiger partial charge in [-0.2, -0.15) is 0 Å². The molecule has 470 valence electrons. The summed E-state index contributed by atoms with van der Waals surface area (Å²) in [5.74, 6) is -3.11. The summed E-state index contributed by atoms with van der Waals surface area (Å²) in [6.07, 6.45) is 57.8. The van der Waals surface area contributed by atoms with Crippen molar-refractivity contribution in [3.05, 3.63) is 48.6 Å². The average molecular weight is 1140 g/mol. The largest absolute Gasteiger partial charge is 0.479 e. The van der Waals surface area contributed by atoms with Gasteiger partial charge in [0.1, 0.15) is 18.8 Å². The van der Waals surface area contributed by atoms with Gasteiger partial charge in [-0.25, -0.2) is 4.79 Å². The Hall–Kier alpha value is -3.32. The molecular formula is C69H122O12. The molecule has 0 spiro atoms. The van der Waals surface area contributed by atoms with Crippen LogP contribution in [-0.4, -0.2) is 89.2 Å². The van der Waals surface area contributed by atoms with Crippen LogP contribution in [0.2, 0.25) is 0 Å². The van der Waals surface area contributed by atoms with Crippen molar-refractivity contribution in [3.8, 4) is 0 Å². The van der Waals surface area contributed by atoms with E-state index in [4.69, 9.17) is 23.7 Å². The summed E-state index contributed by atoms with van der Waals surface area (Å²) in [5.41, 5.74) is 0. The minimum atomic E-state index is -1.91. The fourth-order valence-corrected chi connectivity index (χ4v) is 10.3. The molecule has 0 aliphatic carbocycles. The van der Waals surface area contributed by atoms with Crippen LogP contribution in [0.1, 0.15) is 316 Å². The molecule has 0 aromatic rings. The number of carbonyl (C=O) groups is 4. The summed E-state index contributed by atoms with van der Waals surface area (Å²) in [4.78, 5) is 51.4. The quantitative estimate of drug-likeness (QED) is 0.0228. The number of carboxylic acid groups (broad SMARTS) is 1. The summed E-state index contributed by atoms with van der Waals surface area (Å²) in [7, 11) is 0. The fraction of sp³-hybridized carbons (Fsp3) is 0.826. The standard InChI is InChI=1S/C69H122O12/c1-4-7-10-13-16-19-22-25-28-31-34-37-40-43-46-49-52-55-61(70)77-58-60(79-62(71)56-53-50-47-44-41-38-35-32-29-26-23-20-17-14-11-8-5-2)59-78-69-67(65(74)64(73)66(81-69)68(75)76)80-63(72)57-54-51-48-45-42-39-36-33-30-27-24-21-18-15-12-9-6-3/h9,12,18,21,25,27-28,30,60,64-67,69,73-74H,4-8,10-11,13-17,19-20,22-24,26,29,31-59H2,1-3H3,(H,75,76)/b12-9-,21-18-,28-25-,30-27-. The first kappa shape index (κ1) is 75.7. The first-order chi connectivity index (χ1) is 39.6. The first-order valence-corrected chi connectivity index (χ1v) is 33.6. The zero-order valence-corrected chi connectivity index (χ0v) is 52.0. The lowest BCUT2D eigenvalue weighted by atomic mass is 9.98. The van der Waals surface area contributed by atoms with Crippen LogP contribution in [0, 0.1) is 0 Å². The van der Waals surface area contributed by atoms with Crippen LogP contribution in [0.15, 0.2) is 48.6 Å². The van der Waals surface area contributed by atoms with E-state index in [-0.39, 0.29) is 25.9 Å². The van der Waals surface area contributed by atoms with E-state index in [9.17, 15) is 34.5 Å². The van der Waals surface area contributed by atoms with Crippen molar-refractivity contribution in [2.45, 2.75) is 353 Å². The smallest absolute Gasteiger partial charge is 0.335 e. The Morgan fingerprint density at radius 2 is 0.778 bits per heavy atom. The maximum absolute atomic E-state index is 13.2. The van der Waals surface area contributed by atoms with Crippen LogP contribution in [-0.2, 0) is 42.9 Å². The van der Waals surface area contributed by atoms with Crippen molar-refractivity contribution in [3.63, 3.8) is 0 Å². The molecule has 1 aliphatic heterocycles. The molecule has 3 N–H and O–H groups in total. The number of esters is 3. The van der Waals surface area contributed by atoms with Gasteiger partial charge in [0.15, 0.2) is 24.6 Å². The van der Waals surface area contributed by atoms with Crippen LogP contribution >= 0.6 is 0 Å². The normalized spacial score (nSPS) is 18.0. The Morgan fingerprint density at radius 1 is 0.420 bits per heavy atom. The van der Waals surface area contributed by atoms with Gasteiger partial charge >= 0.3 is 23.9 Å². The van der Waals surface area contributed by atoms with E-state index in [1.807, 2.05) is 0 Å². The minimum Gasteiger partial charge on any atom is -0.479 e. The monoisotopic (exact) mass is 1140 g/mol. The highest BCUT2D eigenvalue weighted by molar-refractivity contribution is 5.74. The number of allylic oxidation sites excluding steroid dienone is 8. The molecule has 6 unspecified atom stereocenters. The number of hydrogen-bond donors (Lipinski definition) is 3. The van der Waals surface area contributed by atoms with Crippen LogP contribution in [0.3, 0.4) is 0 Å². The van der Waals surface area contributed by atoms with E-state index in [2.05, 4.69) is 69.4 Å². The summed E-state index contributed by atoms with van der Waals surface area (Å²) >= 11 is 0. The molecule has 0 aromatic heterocycles. The van der Waals surface area contributed by atoms with Crippen LogP contribution in [0.5, 0.6) is 0 Å². The summed E-state index contributed by atoms with van der Waals surface area (Å²) in [6.45, 7) is 5.93. The third-order valence-corrected chi connectivity index (χ3v) is 15.4. The molecule has 6 atom stereocenters. The van der Waals surface area contributed by atoms with Gasteiger partial charge in [0, 0.05) is 19.3 Å². The number of unbranched alkanes of at least 4 members (excludes halogenated alkanes) is 36. The zero-order valence-electron chi connectivity index (χ0n) is 52.0. The van der Waals surface area contributed by atoms with Crippen molar-refractivity contribution in [1.82, 2.24) is 0 Å². The molecule has 81 heavy (non-hydrogen) atoms. The molecule has 12 nitrogen and oxygen atoms in total. The average Bonchev–Trinajstić information content (AvgIpc) is 3.53. The van der Waals surface area contributed by atoms with Gasteiger partial charge < -0.3 is 39.0 Å². The molecule has 0 amide bonds. The second-order valence-corrected chi connectivity index (χ2v) is 23.1. The highest BCUT2D eigenvalue weighted by Crippen LogP contribution is 2.27. The molecule has 12 heteroatoms. The fourth-order valence-electron chi connectivity index (χ4n) is 10.3. The zero-order chi connectivity index (χ0) is 58.9. The lowest BCUT2D eigenvalue weighted by molar-refractivity contribution is -0.301. The van der Waals surface area contributed by atoms with E-state index in [0.29, 0.717) is 19.3 Å². The van der Waals surface area contributed by atoms with Gasteiger partial charge in [-0.05, 0) is 77.0 Å². The number of aliphatic hydroxyl groups is 2. The molecule has 1 heterocycles. The van der Waals surface area contributed by atoms with Crippen LogP contribution in [0.25, 0.3) is 0 Å². The third kappa shape index (κ3) is 46.7. The number of aliphatic hydroxyl groups excluding tert-OH is 2. The number of ether oxygens (including phenoxy) is 5. The maximum Gasteiger partial charge on any atom is 0.335 e. The molecule has 0 radical (unpaired) electrons. The van der Waals surface area contributed by atoms with Crippen LogP contribution < -0.4 is 0 Å². The lowest BCUT2D eigenvalue weighted by Crippen LogP contribution is -2.61. The van der Waals surface area contributed by atoms with Crippen molar-refractivity contribution in [2.75, 3.05) is 13.2 Å². The van der Waals surface area contributed by atoms with Crippen molar-refractivity contribution in [1.29, 1.82) is 0 Å². The molecule has 1 saturated heterocycles. The van der Waals surface area contributed by atoms with E-state index in [1.54, 1.807) is 0 Å². The van der Waals surface area contributed by atoms with Crippen molar-refractivity contribution >= 4 is 23.9 Å². The number of carboxylic acids is 1. The molecule has 0 aromatic carbocycles. The van der Waals surface area contributed by atoms with Crippen LogP contribution in [0.4, 0.5) is 0 Å². The second kappa shape index (κ2) is 57.1. The SMILES string of the molecule is CC/C=C\C/C=C\C/C=C\CCCCCCCCCC(=O)OC1C(OCC(COC(=O)CCCCCCCCC/C=C\CCCCCCCC)OC(=O)CCCCCCCCCCCCCCCCCCC)OC(C(=O)O)C(O)C1O. The molecule has 0 bridgehead atoms. The Bertz CT molecular complexity index is 1590. The number of rotatable bonds is 58. The van der Waals surface area contributed by atoms with Gasteiger partial charge in [-0.3, -0.25) is 14.4 Å². The predicted molar refractivity (Wildman–Crippen MR) is 331 cm³/mol. The maximum atomic E-state index is 13.2. The minimum absolute atomic E-state index is 0.0510. The Balaban J connectivity index is 2.65. The van der Waals surface area contributed by atoms with E-state index in [0.717, 1.165) is 109 Å². The molecule has 1 aliphatic rings. The van der Waals surface area contributed by atoms with Gasteiger partial charge in [0.2, 0.25) is 0 Å². The molecule has 1 rings (SSSR count). The van der Waals surface area contributed by atoms with Gasteiger partial charge in [0.25, 0.3) is 0 Å². The summed E-state index contributed by atoms with van der Waals surface area (Å²) in [5, 5.41) is 31.6. The topological polar surface area (TPSA) is 175 Å². The van der Waals surface area contributed by atoms with E-state index >= 15 is 0 Å². The van der Waals surface area contributed by atoms with Gasteiger partial charge in [-0.1, -0.05) is 268 Å². The lowest BCUT2D eigenvalue weighted by Gasteiger charge is -2.40. The Morgan fingerprint density at radius 3 is 1.20 bits per heavy atom. The number of aliphatic carboxylic acids is 1. The third-order valence-electron chi connectivity index (χ3n) is 15.4. The Labute approximate surface area is 494 Å². The highest BCUT2D eigenvalue weighted by atomic mass is 16.7. The molecule has 0 saturated carbocycles. The molecule has 1 fully saturated rings. The predicted octanol–water partition coefficient (Wildman–Crippen LogP) is 18.1. The first-order valence-electron chi connectivity index (χ1n) is 33.6. The molecular weight excluding hydrogens is 1020 g/mol. The number of hydrogen-bond acceptors (Lipinski definition) is 11. The van der Waals surface area contributed by atoms with Crippen molar-refractivity contribution in [2.24, 2.45) is 0 Å². The van der Waals surface area contributed by atoms with Gasteiger partial charge in [0.05, 0.1) is 6.61 Å². The van der Waals surface area contributed by atoms with Crippen molar-refractivity contribution < 1.29 is 58.2 Å². The van der Waals surface area contributed by atoms with Gasteiger partial charge in [-0.15, -0.1) is 0 Å². The summed E-state index contributed by atoms with van der Waals surface area (Å²) < 4.78 is 28.6. The second-order valence-electron chi connectivity index (χ2n) is 23.1. The highest BCUT2D eigenvalue weighted by Gasteiger charge is 2.50. The van der Waals surface area contributed by atoms with E-state index in [1.165, 1.54) is 148 Å². The van der Waals surface area contributed by atoms with E-state index < -0.39 is 67.3 Å².